The third-order valence-corrected chi connectivity index (χ3v) is 4.91. The number of rotatable bonds is 7. The Morgan fingerprint density at radius 1 is 1.06 bits per heavy atom. The molecule has 172 valence electrons. The van der Waals surface area contributed by atoms with Crippen LogP contribution in [0.25, 0.3) is 22.0 Å². The number of hydrogen-bond acceptors (Lipinski definition) is 4. The van der Waals surface area contributed by atoms with E-state index in [4.69, 9.17) is 9.47 Å². The number of aryl methyl sites for hydroxylation is 1. The third-order valence-electron chi connectivity index (χ3n) is 4.91. The summed E-state index contributed by atoms with van der Waals surface area (Å²) in [5.74, 6) is 1.40. The van der Waals surface area contributed by atoms with E-state index < -0.39 is 12.7 Å². The van der Waals surface area contributed by atoms with Gasteiger partial charge in [0.05, 0.1) is 12.3 Å². The average Bonchev–Trinajstić information content (AvgIpc) is 3.19. The van der Waals surface area contributed by atoms with Gasteiger partial charge in [-0.2, -0.15) is 18.3 Å². The molecule has 0 saturated heterocycles. The SMILES string of the molecule is Cc1cc(-c2cnn(CC(F)(F)F)c2)c2cccc(OCc3ccc(OC(C)C)cc3)c2n1. The smallest absolute Gasteiger partial charge is 0.408 e. The second-order valence-corrected chi connectivity index (χ2v) is 8.10. The first-order valence-corrected chi connectivity index (χ1v) is 10.6. The molecule has 4 rings (SSSR count). The first-order chi connectivity index (χ1) is 15.7. The standard InChI is InChI=1S/C25H24F3N3O2/c1-16(2)33-20-9-7-18(8-10-20)14-32-23-6-4-5-21-22(11-17(3)30-24(21)23)19-12-29-31(13-19)15-25(26,27)28/h4-13,16H,14-15H2,1-3H3. The van der Waals surface area contributed by atoms with Crippen molar-refractivity contribution in [2.24, 2.45) is 0 Å². The normalized spacial score (nSPS) is 11.8. The molecule has 5 nitrogen and oxygen atoms in total. The van der Waals surface area contributed by atoms with Crippen LogP contribution in [0.4, 0.5) is 13.2 Å². The van der Waals surface area contributed by atoms with Crippen LogP contribution in [-0.2, 0) is 13.2 Å². The average molecular weight is 455 g/mol. The first-order valence-electron chi connectivity index (χ1n) is 10.6. The zero-order valence-electron chi connectivity index (χ0n) is 18.6. The summed E-state index contributed by atoms with van der Waals surface area (Å²) in [7, 11) is 0. The Labute approximate surface area is 189 Å². The van der Waals surface area contributed by atoms with Gasteiger partial charge in [-0.05, 0) is 56.2 Å². The highest BCUT2D eigenvalue weighted by molar-refractivity contribution is 5.97. The maximum Gasteiger partial charge on any atom is 0.408 e. The van der Waals surface area contributed by atoms with E-state index in [9.17, 15) is 13.2 Å². The summed E-state index contributed by atoms with van der Waals surface area (Å²) in [6, 6.07) is 15.1. The van der Waals surface area contributed by atoms with Gasteiger partial charge in [-0.25, -0.2) is 4.98 Å². The predicted molar refractivity (Wildman–Crippen MR) is 120 cm³/mol. The summed E-state index contributed by atoms with van der Waals surface area (Å²) in [6.45, 7) is 5.00. The molecule has 0 atom stereocenters. The molecule has 33 heavy (non-hydrogen) atoms. The molecule has 0 aliphatic heterocycles. The topological polar surface area (TPSA) is 49.2 Å². The molecule has 4 aromatic rings. The highest BCUT2D eigenvalue weighted by atomic mass is 19.4. The van der Waals surface area contributed by atoms with Gasteiger partial charge in [-0.15, -0.1) is 0 Å². The molecule has 2 heterocycles. The molecule has 0 saturated carbocycles. The lowest BCUT2D eigenvalue weighted by atomic mass is 10.0. The van der Waals surface area contributed by atoms with Crippen molar-refractivity contribution in [1.82, 2.24) is 14.8 Å². The van der Waals surface area contributed by atoms with Crippen LogP contribution in [-0.4, -0.2) is 27.0 Å². The molecule has 0 bridgehead atoms. The first kappa shape index (κ1) is 22.6. The van der Waals surface area contributed by atoms with Crippen molar-refractivity contribution in [3.63, 3.8) is 0 Å². The van der Waals surface area contributed by atoms with E-state index in [1.165, 1.54) is 12.4 Å². The van der Waals surface area contributed by atoms with E-state index in [2.05, 4.69) is 10.1 Å². The zero-order chi connectivity index (χ0) is 23.6. The van der Waals surface area contributed by atoms with E-state index in [-0.39, 0.29) is 6.10 Å². The van der Waals surface area contributed by atoms with Crippen molar-refractivity contribution >= 4 is 10.9 Å². The van der Waals surface area contributed by atoms with E-state index in [0.29, 0.717) is 23.4 Å². The van der Waals surface area contributed by atoms with Crippen LogP contribution in [0, 0.1) is 6.92 Å². The number of pyridine rings is 1. The Balaban J connectivity index is 1.60. The van der Waals surface area contributed by atoms with Crippen LogP contribution >= 0.6 is 0 Å². The van der Waals surface area contributed by atoms with Gasteiger partial charge >= 0.3 is 6.18 Å². The Bertz CT molecular complexity index is 1250. The summed E-state index contributed by atoms with van der Waals surface area (Å²) in [5, 5.41) is 4.66. The number of ether oxygens (including phenoxy) is 2. The summed E-state index contributed by atoms with van der Waals surface area (Å²) >= 11 is 0. The molecule has 0 fully saturated rings. The lowest BCUT2D eigenvalue weighted by molar-refractivity contribution is -0.142. The second kappa shape index (κ2) is 9.13. The van der Waals surface area contributed by atoms with Crippen molar-refractivity contribution in [2.75, 3.05) is 0 Å². The molecule has 0 unspecified atom stereocenters. The lowest BCUT2D eigenvalue weighted by Crippen LogP contribution is -2.17. The predicted octanol–water partition coefficient (Wildman–Crippen LogP) is 6.34. The number of benzene rings is 2. The minimum absolute atomic E-state index is 0.104. The van der Waals surface area contributed by atoms with Crippen molar-refractivity contribution in [3.8, 4) is 22.6 Å². The van der Waals surface area contributed by atoms with Gasteiger partial charge in [-0.3, -0.25) is 4.68 Å². The lowest BCUT2D eigenvalue weighted by Gasteiger charge is -2.13. The molecule has 0 amide bonds. The number of aromatic nitrogens is 3. The van der Waals surface area contributed by atoms with Gasteiger partial charge in [0.15, 0.2) is 0 Å². The quantitative estimate of drug-likeness (QED) is 0.327. The van der Waals surface area contributed by atoms with Gasteiger partial charge in [0.2, 0.25) is 0 Å². The van der Waals surface area contributed by atoms with Gasteiger partial charge in [0.25, 0.3) is 0 Å². The molecule has 0 spiro atoms. The van der Waals surface area contributed by atoms with E-state index >= 15 is 0 Å². The van der Waals surface area contributed by atoms with Crippen LogP contribution in [0.3, 0.4) is 0 Å². The maximum absolute atomic E-state index is 12.7. The fourth-order valence-electron chi connectivity index (χ4n) is 3.58. The molecule has 0 N–H and O–H groups in total. The Morgan fingerprint density at radius 3 is 2.52 bits per heavy atom. The van der Waals surface area contributed by atoms with Gasteiger partial charge in [0, 0.05) is 22.8 Å². The van der Waals surface area contributed by atoms with Crippen molar-refractivity contribution < 1.29 is 22.6 Å². The number of hydrogen-bond donors (Lipinski definition) is 0. The summed E-state index contributed by atoms with van der Waals surface area (Å²) in [6.07, 6.45) is -1.39. The zero-order valence-corrected chi connectivity index (χ0v) is 18.6. The number of para-hydroxylation sites is 1. The number of halogens is 3. The van der Waals surface area contributed by atoms with Crippen LogP contribution in [0.15, 0.2) is 60.9 Å². The van der Waals surface area contributed by atoms with Crippen LogP contribution < -0.4 is 9.47 Å². The molecule has 0 aliphatic carbocycles. The molecule has 0 radical (unpaired) electrons. The molecule has 2 aromatic heterocycles. The third kappa shape index (κ3) is 5.63. The maximum atomic E-state index is 12.7. The van der Waals surface area contributed by atoms with Gasteiger partial charge in [-0.1, -0.05) is 24.3 Å². The Hall–Kier alpha value is -3.55. The van der Waals surface area contributed by atoms with Gasteiger partial charge in [0.1, 0.15) is 30.2 Å². The summed E-state index contributed by atoms with van der Waals surface area (Å²) < 4.78 is 50.8. The molecule has 2 aromatic carbocycles. The van der Waals surface area contributed by atoms with Crippen molar-refractivity contribution in [3.05, 3.63) is 72.2 Å². The molecular formula is C25H24F3N3O2. The second-order valence-electron chi connectivity index (χ2n) is 8.10. The van der Waals surface area contributed by atoms with E-state index in [1.807, 2.05) is 69.3 Å². The molecule has 0 aliphatic rings. The molecular weight excluding hydrogens is 431 g/mol. The monoisotopic (exact) mass is 455 g/mol. The van der Waals surface area contributed by atoms with Crippen LogP contribution in [0.5, 0.6) is 11.5 Å². The highest BCUT2D eigenvalue weighted by Gasteiger charge is 2.28. The van der Waals surface area contributed by atoms with Crippen LogP contribution in [0.1, 0.15) is 25.1 Å². The number of alkyl halides is 3. The summed E-state index contributed by atoms with van der Waals surface area (Å²) in [5.41, 5.74) is 3.70. The van der Waals surface area contributed by atoms with Crippen LogP contribution in [0.2, 0.25) is 0 Å². The largest absolute Gasteiger partial charge is 0.491 e. The van der Waals surface area contributed by atoms with Gasteiger partial charge < -0.3 is 9.47 Å². The fraction of sp³-hybridized carbons (Fsp3) is 0.280. The minimum Gasteiger partial charge on any atom is -0.491 e. The summed E-state index contributed by atoms with van der Waals surface area (Å²) in [4.78, 5) is 4.63. The van der Waals surface area contributed by atoms with Crippen molar-refractivity contribution in [2.45, 2.75) is 46.2 Å². The fourth-order valence-corrected chi connectivity index (χ4v) is 3.58. The van der Waals surface area contributed by atoms with E-state index in [1.54, 1.807) is 0 Å². The Kier molecular flexibility index (Phi) is 6.26. The Morgan fingerprint density at radius 2 is 1.82 bits per heavy atom. The van der Waals surface area contributed by atoms with E-state index in [0.717, 1.165) is 32.6 Å². The number of nitrogens with zero attached hydrogens (tertiary/aromatic N) is 3. The van der Waals surface area contributed by atoms with Crippen molar-refractivity contribution in [1.29, 1.82) is 0 Å². The highest BCUT2D eigenvalue weighted by Crippen LogP contribution is 2.33. The molecule has 8 heteroatoms. The number of fused-ring (bicyclic) bond motifs is 1. The minimum atomic E-state index is -4.33.